The van der Waals surface area contributed by atoms with Gasteiger partial charge < -0.3 is 0 Å². The zero-order valence-electron chi connectivity index (χ0n) is 29.1. The van der Waals surface area contributed by atoms with Crippen molar-refractivity contribution in [3.05, 3.63) is 182 Å². The van der Waals surface area contributed by atoms with E-state index in [1.54, 1.807) is 0 Å². The van der Waals surface area contributed by atoms with Crippen molar-refractivity contribution in [3.8, 4) is 33.4 Å². The maximum atomic E-state index is 2.46. The van der Waals surface area contributed by atoms with Crippen LogP contribution in [0.3, 0.4) is 0 Å². The first-order valence-corrected chi connectivity index (χ1v) is 20.1. The van der Waals surface area contributed by atoms with Crippen molar-refractivity contribution in [2.75, 3.05) is 0 Å². The largest absolute Gasteiger partial charge is 0.134 e. The predicted molar refractivity (Wildman–Crippen MR) is 239 cm³/mol. The fourth-order valence-electron chi connectivity index (χ4n) is 9.11. The Morgan fingerprint density at radius 1 is 0.278 bits per heavy atom. The van der Waals surface area contributed by atoms with Crippen molar-refractivity contribution in [1.29, 1.82) is 0 Å². The average molecular weight is 719 g/mol. The van der Waals surface area contributed by atoms with Gasteiger partial charge in [0.25, 0.3) is 0 Å². The molecule has 0 radical (unpaired) electrons. The molecule has 10 aromatic carbocycles. The standard InChI is InChI=1S/C52H30S2/c1-2-12-31(13-3-1)34-24-25-42(37-17-7-6-16-36(34)37)49-40-20-10-8-18-38(40)48(39-19-9-11-21-41(39)49)33-23-28-46-45(30-33)43-26-27-44-50-35-15-5-4-14-32(35)22-29-47(50)54-52(44)51(43)53-46/h1-30H. The second kappa shape index (κ2) is 11.6. The van der Waals surface area contributed by atoms with E-state index in [9.17, 15) is 0 Å². The van der Waals surface area contributed by atoms with E-state index in [0.29, 0.717) is 0 Å². The minimum atomic E-state index is 1.24. The number of rotatable bonds is 3. The van der Waals surface area contributed by atoms with Crippen LogP contribution in [0.15, 0.2) is 182 Å². The van der Waals surface area contributed by atoms with Crippen LogP contribution in [0.5, 0.6) is 0 Å². The van der Waals surface area contributed by atoms with Gasteiger partial charge in [-0.15, -0.1) is 22.7 Å². The van der Waals surface area contributed by atoms with Crippen LogP contribution in [0.4, 0.5) is 0 Å². The van der Waals surface area contributed by atoms with Crippen LogP contribution in [0.25, 0.3) is 117 Å². The quantitative estimate of drug-likeness (QED) is 0.160. The van der Waals surface area contributed by atoms with Crippen molar-refractivity contribution in [2.24, 2.45) is 0 Å². The van der Waals surface area contributed by atoms with Crippen molar-refractivity contribution >= 4 is 106 Å². The van der Waals surface area contributed by atoms with Crippen LogP contribution in [-0.4, -0.2) is 0 Å². The topological polar surface area (TPSA) is 0 Å². The Bertz CT molecular complexity index is 3430. The summed E-state index contributed by atoms with van der Waals surface area (Å²) in [5, 5.41) is 15.7. The van der Waals surface area contributed by atoms with Crippen LogP contribution >= 0.6 is 22.7 Å². The molecule has 0 spiro atoms. The Labute approximate surface area is 319 Å². The van der Waals surface area contributed by atoms with Crippen molar-refractivity contribution < 1.29 is 0 Å². The minimum absolute atomic E-state index is 1.24. The molecule has 0 aliphatic carbocycles. The highest BCUT2D eigenvalue weighted by Crippen LogP contribution is 2.49. The predicted octanol–water partition coefficient (Wildman–Crippen LogP) is 16.0. The van der Waals surface area contributed by atoms with Gasteiger partial charge in [-0.1, -0.05) is 164 Å². The molecule has 0 saturated carbocycles. The summed E-state index contributed by atoms with van der Waals surface area (Å²) in [7, 11) is 0. The van der Waals surface area contributed by atoms with Crippen molar-refractivity contribution in [2.45, 2.75) is 0 Å². The summed E-state index contributed by atoms with van der Waals surface area (Å²) in [5.74, 6) is 0. The van der Waals surface area contributed by atoms with Crippen molar-refractivity contribution in [1.82, 2.24) is 0 Å². The first-order valence-electron chi connectivity index (χ1n) is 18.5. The van der Waals surface area contributed by atoms with E-state index in [1.807, 2.05) is 22.7 Å². The monoisotopic (exact) mass is 718 g/mol. The second-order valence-electron chi connectivity index (χ2n) is 14.3. The molecule has 2 heterocycles. The SMILES string of the molecule is c1ccc(-c2ccc(-c3c4ccccc4c(-c4ccc5sc6c(ccc7c6sc6ccc8ccccc8c67)c5c4)c4ccccc34)c3ccccc23)cc1. The summed E-state index contributed by atoms with van der Waals surface area (Å²) in [6, 6.07) is 67.7. The van der Waals surface area contributed by atoms with E-state index in [0.717, 1.165) is 0 Å². The first kappa shape index (κ1) is 30.2. The number of hydrogen-bond acceptors (Lipinski definition) is 2. The van der Waals surface area contributed by atoms with Crippen LogP contribution in [-0.2, 0) is 0 Å². The van der Waals surface area contributed by atoms with E-state index in [1.165, 1.54) is 117 Å². The number of benzene rings is 10. The second-order valence-corrected chi connectivity index (χ2v) is 16.4. The van der Waals surface area contributed by atoms with Gasteiger partial charge in [0.1, 0.15) is 0 Å². The van der Waals surface area contributed by atoms with E-state index in [-0.39, 0.29) is 0 Å². The van der Waals surface area contributed by atoms with E-state index in [4.69, 9.17) is 0 Å². The molecule has 0 aliphatic rings. The lowest BCUT2D eigenvalue weighted by Crippen LogP contribution is -1.92. The van der Waals surface area contributed by atoms with Crippen LogP contribution in [0, 0.1) is 0 Å². The molecular weight excluding hydrogens is 689 g/mol. The van der Waals surface area contributed by atoms with E-state index < -0.39 is 0 Å². The van der Waals surface area contributed by atoms with E-state index >= 15 is 0 Å². The molecule has 0 N–H and O–H groups in total. The van der Waals surface area contributed by atoms with Gasteiger partial charge in [-0.05, 0) is 94.7 Å². The number of fused-ring (bicyclic) bond motifs is 12. The maximum absolute atomic E-state index is 2.46. The molecule has 0 bridgehead atoms. The van der Waals surface area contributed by atoms with Gasteiger partial charge in [-0.25, -0.2) is 0 Å². The summed E-state index contributed by atoms with van der Waals surface area (Å²) in [6.07, 6.45) is 0. The lowest BCUT2D eigenvalue weighted by molar-refractivity contribution is 1.64. The highest BCUT2D eigenvalue weighted by molar-refractivity contribution is 7.33. The third kappa shape index (κ3) is 4.30. The molecule has 2 aromatic heterocycles. The third-order valence-corrected chi connectivity index (χ3v) is 14.0. The molecule has 2 heteroatoms. The Morgan fingerprint density at radius 3 is 1.56 bits per heavy atom. The highest BCUT2D eigenvalue weighted by Gasteiger charge is 2.20. The molecule has 0 aliphatic heterocycles. The average Bonchev–Trinajstić information content (AvgIpc) is 3.81. The fraction of sp³-hybridized carbons (Fsp3) is 0. The summed E-state index contributed by atoms with van der Waals surface area (Å²) in [4.78, 5) is 0. The zero-order chi connectivity index (χ0) is 35.3. The summed E-state index contributed by atoms with van der Waals surface area (Å²) >= 11 is 3.87. The van der Waals surface area contributed by atoms with Crippen molar-refractivity contribution in [3.63, 3.8) is 0 Å². The Kier molecular flexibility index (Phi) is 6.48. The maximum Gasteiger partial charge on any atom is 0.0534 e. The van der Waals surface area contributed by atoms with Gasteiger partial charge in [0, 0.05) is 30.9 Å². The van der Waals surface area contributed by atoms with Crippen LogP contribution in [0.1, 0.15) is 0 Å². The molecule has 0 fully saturated rings. The zero-order valence-corrected chi connectivity index (χ0v) is 30.8. The summed E-state index contributed by atoms with van der Waals surface area (Å²) in [5.41, 5.74) is 7.62. The van der Waals surface area contributed by atoms with Gasteiger partial charge in [0.2, 0.25) is 0 Å². The molecule has 0 unspecified atom stereocenters. The minimum Gasteiger partial charge on any atom is -0.134 e. The molecular formula is C52H30S2. The molecule has 0 amide bonds. The molecule has 54 heavy (non-hydrogen) atoms. The molecule has 0 atom stereocenters. The highest BCUT2D eigenvalue weighted by atomic mass is 32.1. The molecule has 0 nitrogen and oxygen atoms in total. The lowest BCUT2D eigenvalue weighted by atomic mass is 9.83. The van der Waals surface area contributed by atoms with E-state index in [2.05, 4.69) is 182 Å². The lowest BCUT2D eigenvalue weighted by Gasteiger charge is -2.19. The molecule has 12 aromatic rings. The van der Waals surface area contributed by atoms with Gasteiger partial charge in [-0.2, -0.15) is 0 Å². The van der Waals surface area contributed by atoms with Gasteiger partial charge in [0.05, 0.1) is 9.40 Å². The fourth-order valence-corrected chi connectivity index (χ4v) is 11.6. The smallest absolute Gasteiger partial charge is 0.0534 e. The molecule has 250 valence electrons. The Morgan fingerprint density at radius 2 is 0.815 bits per heavy atom. The van der Waals surface area contributed by atoms with Crippen LogP contribution in [0.2, 0.25) is 0 Å². The van der Waals surface area contributed by atoms with Gasteiger partial charge >= 0.3 is 0 Å². The van der Waals surface area contributed by atoms with Gasteiger partial charge in [-0.3, -0.25) is 0 Å². The Balaban J connectivity index is 1.11. The molecule has 0 saturated heterocycles. The summed E-state index contributed by atoms with van der Waals surface area (Å²) < 4.78 is 5.47. The van der Waals surface area contributed by atoms with Crippen LogP contribution < -0.4 is 0 Å². The van der Waals surface area contributed by atoms with Gasteiger partial charge in [0.15, 0.2) is 0 Å². The first-order chi connectivity index (χ1) is 26.8. The number of thiophene rings is 2. The normalized spacial score (nSPS) is 12.1. The summed E-state index contributed by atoms with van der Waals surface area (Å²) in [6.45, 7) is 0. The third-order valence-electron chi connectivity index (χ3n) is 11.5. The number of hydrogen-bond donors (Lipinski definition) is 0. The Hall–Kier alpha value is -6.32. The molecule has 12 rings (SSSR count).